The molecule has 1 aliphatic heterocycles. The summed E-state index contributed by atoms with van der Waals surface area (Å²) in [6.07, 6.45) is 0.362. The van der Waals surface area contributed by atoms with Crippen LogP contribution in [0.4, 0.5) is 0 Å². The first-order chi connectivity index (χ1) is 13.4. The van der Waals surface area contributed by atoms with Gasteiger partial charge in [0, 0.05) is 18.4 Å². The normalized spacial score (nSPS) is 13.9. The number of carbonyl (C=O) groups is 2. The van der Waals surface area contributed by atoms with Crippen LogP contribution in [0.15, 0.2) is 42.5 Å². The van der Waals surface area contributed by atoms with Gasteiger partial charge in [-0.25, -0.2) is 0 Å². The van der Waals surface area contributed by atoms with Gasteiger partial charge in [-0.05, 0) is 30.5 Å². The highest BCUT2D eigenvalue weighted by molar-refractivity contribution is 5.98. The quantitative estimate of drug-likeness (QED) is 0.729. The second kappa shape index (κ2) is 8.91. The van der Waals surface area contributed by atoms with Gasteiger partial charge in [-0.2, -0.15) is 0 Å². The third kappa shape index (κ3) is 4.91. The molecule has 148 valence electrons. The fraction of sp³-hybridized carbons (Fsp3) is 0.391. The van der Waals surface area contributed by atoms with Gasteiger partial charge < -0.3 is 14.8 Å². The monoisotopic (exact) mass is 381 g/mol. The van der Waals surface area contributed by atoms with Crippen molar-refractivity contribution in [1.29, 1.82) is 0 Å². The van der Waals surface area contributed by atoms with Gasteiger partial charge in [-0.15, -0.1) is 0 Å². The molecule has 0 bridgehead atoms. The number of fused-ring (bicyclic) bond motifs is 1. The molecular weight excluding hydrogens is 354 g/mol. The van der Waals surface area contributed by atoms with E-state index in [1.54, 1.807) is 0 Å². The van der Waals surface area contributed by atoms with Crippen LogP contribution in [0, 0.1) is 12.8 Å². The number of benzene rings is 2. The van der Waals surface area contributed by atoms with Crippen LogP contribution in [0.1, 0.15) is 54.2 Å². The van der Waals surface area contributed by atoms with Crippen molar-refractivity contribution in [3.8, 4) is 11.5 Å². The number of ether oxygens (including phenoxy) is 2. The molecule has 0 aliphatic carbocycles. The van der Waals surface area contributed by atoms with E-state index in [-0.39, 0.29) is 36.5 Å². The molecule has 0 saturated heterocycles. The molecule has 5 heteroatoms. The number of amides is 1. The van der Waals surface area contributed by atoms with Crippen molar-refractivity contribution < 1.29 is 19.1 Å². The second-order valence-electron chi connectivity index (χ2n) is 7.48. The summed E-state index contributed by atoms with van der Waals surface area (Å²) in [5, 5.41) is 3.07. The SMILES string of the molecule is Cc1ccc(C(=O)CCC(=O)N[C@H](c2ccc3c(c2)OCCO3)C(C)C)cc1. The number of hydrogen-bond acceptors (Lipinski definition) is 4. The molecule has 1 N–H and O–H groups in total. The van der Waals surface area contributed by atoms with Crippen molar-refractivity contribution in [2.75, 3.05) is 13.2 Å². The molecule has 2 aromatic rings. The van der Waals surface area contributed by atoms with Crippen LogP contribution in [0.3, 0.4) is 0 Å². The highest BCUT2D eigenvalue weighted by Crippen LogP contribution is 2.34. The van der Waals surface area contributed by atoms with Gasteiger partial charge in [0.15, 0.2) is 17.3 Å². The summed E-state index contributed by atoms with van der Waals surface area (Å²) in [6.45, 7) is 7.16. The van der Waals surface area contributed by atoms with Crippen LogP contribution in [-0.4, -0.2) is 24.9 Å². The van der Waals surface area contributed by atoms with Crippen LogP contribution in [0.25, 0.3) is 0 Å². The summed E-state index contributed by atoms with van der Waals surface area (Å²) in [7, 11) is 0. The maximum Gasteiger partial charge on any atom is 0.220 e. The minimum atomic E-state index is -0.155. The van der Waals surface area contributed by atoms with Gasteiger partial charge in [0.05, 0.1) is 6.04 Å². The molecule has 3 rings (SSSR count). The van der Waals surface area contributed by atoms with E-state index >= 15 is 0 Å². The lowest BCUT2D eigenvalue weighted by atomic mass is 9.95. The third-order valence-electron chi connectivity index (χ3n) is 4.86. The molecule has 0 saturated carbocycles. The Morgan fingerprint density at radius 2 is 1.64 bits per heavy atom. The zero-order valence-corrected chi connectivity index (χ0v) is 16.7. The number of Topliss-reactive ketones (excluding diaryl/α,β-unsaturated/α-hetero) is 1. The Hall–Kier alpha value is -2.82. The van der Waals surface area contributed by atoms with Gasteiger partial charge >= 0.3 is 0 Å². The van der Waals surface area contributed by atoms with Crippen LogP contribution in [0.2, 0.25) is 0 Å². The van der Waals surface area contributed by atoms with Crippen molar-refractivity contribution in [2.24, 2.45) is 5.92 Å². The molecule has 1 atom stereocenters. The lowest BCUT2D eigenvalue weighted by Gasteiger charge is -2.25. The van der Waals surface area contributed by atoms with Crippen LogP contribution >= 0.6 is 0 Å². The van der Waals surface area contributed by atoms with Crippen LogP contribution in [0.5, 0.6) is 11.5 Å². The molecule has 1 aliphatic rings. The third-order valence-corrected chi connectivity index (χ3v) is 4.86. The van der Waals surface area contributed by atoms with Crippen molar-refractivity contribution >= 4 is 11.7 Å². The Balaban J connectivity index is 1.61. The molecular formula is C23H27NO4. The predicted molar refractivity (Wildman–Crippen MR) is 108 cm³/mol. The molecule has 5 nitrogen and oxygen atoms in total. The fourth-order valence-corrected chi connectivity index (χ4v) is 3.24. The number of ketones is 1. The lowest BCUT2D eigenvalue weighted by Crippen LogP contribution is -2.32. The van der Waals surface area contributed by atoms with Crippen LogP contribution in [-0.2, 0) is 4.79 Å². The molecule has 0 radical (unpaired) electrons. The first-order valence-corrected chi connectivity index (χ1v) is 9.73. The predicted octanol–water partition coefficient (Wildman–Crippen LogP) is 4.24. The molecule has 1 heterocycles. The molecule has 0 unspecified atom stereocenters. The standard InChI is InChI=1S/C23H27NO4/c1-15(2)23(18-8-10-20-21(14-18)28-13-12-27-20)24-22(26)11-9-19(25)17-6-4-16(3)5-7-17/h4-8,10,14-15,23H,9,11-13H2,1-3H3,(H,24,26)/t23-/m0/s1. The first kappa shape index (κ1) is 19.9. The molecule has 0 spiro atoms. The largest absolute Gasteiger partial charge is 0.486 e. The van der Waals surface area contributed by atoms with Crippen molar-refractivity contribution in [2.45, 2.75) is 39.7 Å². The number of carbonyl (C=O) groups excluding carboxylic acids is 2. The van der Waals surface area contributed by atoms with E-state index in [2.05, 4.69) is 19.2 Å². The Labute approximate surface area is 166 Å². The maximum atomic E-state index is 12.5. The average molecular weight is 381 g/mol. The summed E-state index contributed by atoms with van der Waals surface area (Å²) < 4.78 is 11.2. The summed E-state index contributed by atoms with van der Waals surface area (Å²) in [6, 6.07) is 13.0. The molecule has 0 fully saturated rings. The van der Waals surface area contributed by atoms with Gasteiger partial charge in [-0.3, -0.25) is 9.59 Å². The number of rotatable bonds is 7. The maximum absolute atomic E-state index is 12.5. The fourth-order valence-electron chi connectivity index (χ4n) is 3.24. The Morgan fingerprint density at radius 3 is 2.32 bits per heavy atom. The van der Waals surface area contributed by atoms with Crippen molar-refractivity contribution in [1.82, 2.24) is 5.32 Å². The minimum absolute atomic E-state index is 0.0180. The first-order valence-electron chi connectivity index (χ1n) is 9.73. The van der Waals surface area contributed by atoms with Crippen LogP contribution < -0.4 is 14.8 Å². The summed E-state index contributed by atoms with van der Waals surface area (Å²) in [5.41, 5.74) is 2.72. The zero-order chi connectivity index (χ0) is 20.1. The number of aryl methyl sites for hydroxylation is 1. The van der Waals surface area contributed by atoms with Gasteiger partial charge in [0.1, 0.15) is 13.2 Å². The Morgan fingerprint density at radius 1 is 0.964 bits per heavy atom. The zero-order valence-electron chi connectivity index (χ0n) is 16.7. The lowest BCUT2D eigenvalue weighted by molar-refractivity contribution is -0.122. The van der Waals surface area contributed by atoms with E-state index in [0.717, 1.165) is 16.9 Å². The molecule has 28 heavy (non-hydrogen) atoms. The Bertz CT molecular complexity index is 842. The van der Waals surface area contributed by atoms with Gasteiger partial charge in [-0.1, -0.05) is 49.7 Å². The number of nitrogens with one attached hydrogen (secondary N) is 1. The molecule has 0 aromatic heterocycles. The van der Waals surface area contributed by atoms with Gasteiger partial charge in [0.2, 0.25) is 5.91 Å². The topological polar surface area (TPSA) is 64.6 Å². The molecule has 1 amide bonds. The summed E-state index contributed by atoms with van der Waals surface area (Å²) >= 11 is 0. The molecule has 2 aromatic carbocycles. The Kier molecular flexibility index (Phi) is 6.34. The highest BCUT2D eigenvalue weighted by Gasteiger charge is 2.22. The van der Waals surface area contributed by atoms with E-state index in [4.69, 9.17) is 9.47 Å². The average Bonchev–Trinajstić information content (AvgIpc) is 2.70. The van der Waals surface area contributed by atoms with Gasteiger partial charge in [0.25, 0.3) is 0 Å². The van der Waals surface area contributed by atoms with E-state index in [9.17, 15) is 9.59 Å². The summed E-state index contributed by atoms with van der Waals surface area (Å²) in [5.74, 6) is 1.48. The van der Waals surface area contributed by atoms with Crippen molar-refractivity contribution in [3.05, 3.63) is 59.2 Å². The smallest absolute Gasteiger partial charge is 0.220 e. The van der Waals surface area contributed by atoms with E-state index in [0.29, 0.717) is 24.5 Å². The summed E-state index contributed by atoms with van der Waals surface area (Å²) in [4.78, 5) is 24.8. The second-order valence-corrected chi connectivity index (χ2v) is 7.48. The van der Waals surface area contributed by atoms with E-state index in [1.807, 2.05) is 49.4 Å². The van der Waals surface area contributed by atoms with E-state index < -0.39 is 0 Å². The number of hydrogen-bond donors (Lipinski definition) is 1. The minimum Gasteiger partial charge on any atom is -0.486 e. The van der Waals surface area contributed by atoms with E-state index in [1.165, 1.54) is 0 Å². The van der Waals surface area contributed by atoms with Crippen molar-refractivity contribution in [3.63, 3.8) is 0 Å². The highest BCUT2D eigenvalue weighted by atomic mass is 16.6.